The number of hydrogen-bond donors (Lipinski definition) is 1. The van der Waals surface area contributed by atoms with Gasteiger partial charge >= 0.3 is 6.18 Å². The van der Waals surface area contributed by atoms with E-state index in [1.807, 2.05) is 0 Å². The minimum atomic E-state index is -4.26. The van der Waals surface area contributed by atoms with Crippen LogP contribution in [0.15, 0.2) is 24.3 Å². The lowest BCUT2D eigenvalue weighted by atomic mass is 9.98. The van der Waals surface area contributed by atoms with Crippen LogP contribution < -0.4 is 5.73 Å². The Balaban J connectivity index is 1.67. The molecule has 1 heterocycles. The summed E-state index contributed by atoms with van der Waals surface area (Å²) in [5, 5.41) is 0. The molecule has 2 nitrogen and oxygen atoms in total. The largest absolute Gasteiger partial charge is 0.416 e. The maximum atomic E-state index is 12.7. The summed E-state index contributed by atoms with van der Waals surface area (Å²) < 4.78 is 38.1. The third kappa shape index (κ3) is 2.69. The highest BCUT2D eigenvalue weighted by atomic mass is 19.4. The van der Waals surface area contributed by atoms with E-state index in [1.54, 1.807) is 6.07 Å². The molecule has 1 unspecified atom stereocenters. The zero-order valence-corrected chi connectivity index (χ0v) is 11.2. The first kappa shape index (κ1) is 13.9. The molecule has 0 bridgehead atoms. The molecule has 0 radical (unpaired) electrons. The molecule has 1 saturated carbocycles. The van der Waals surface area contributed by atoms with Gasteiger partial charge in [0.1, 0.15) is 0 Å². The maximum Gasteiger partial charge on any atom is 0.416 e. The molecule has 1 aromatic carbocycles. The van der Waals surface area contributed by atoms with Crippen molar-refractivity contribution in [1.82, 2.24) is 4.90 Å². The number of halogens is 3. The predicted molar refractivity (Wildman–Crippen MR) is 70.9 cm³/mol. The van der Waals surface area contributed by atoms with E-state index in [2.05, 4.69) is 4.90 Å². The highest BCUT2D eigenvalue weighted by molar-refractivity contribution is 5.25. The number of hydrogen-bond acceptors (Lipinski definition) is 2. The Morgan fingerprint density at radius 2 is 2.00 bits per heavy atom. The van der Waals surface area contributed by atoms with Crippen LogP contribution in [0.2, 0.25) is 0 Å². The zero-order valence-electron chi connectivity index (χ0n) is 11.2. The van der Waals surface area contributed by atoms with E-state index >= 15 is 0 Å². The Kier molecular flexibility index (Phi) is 3.50. The third-order valence-corrected chi connectivity index (χ3v) is 4.65. The SMILES string of the molecule is NC1CC[C@H]2CN(Cc3cccc(C(F)(F)F)c3)C[C@@H]12. The van der Waals surface area contributed by atoms with E-state index in [4.69, 9.17) is 5.73 Å². The maximum absolute atomic E-state index is 12.7. The predicted octanol–water partition coefficient (Wildman–Crippen LogP) is 2.87. The van der Waals surface area contributed by atoms with Gasteiger partial charge in [-0.3, -0.25) is 4.90 Å². The molecule has 1 aliphatic heterocycles. The van der Waals surface area contributed by atoms with Gasteiger partial charge in [-0.25, -0.2) is 0 Å². The number of nitrogens with two attached hydrogens (primary N) is 1. The van der Waals surface area contributed by atoms with Crippen molar-refractivity contribution in [3.05, 3.63) is 35.4 Å². The Morgan fingerprint density at radius 3 is 2.70 bits per heavy atom. The van der Waals surface area contributed by atoms with Crippen molar-refractivity contribution >= 4 is 0 Å². The number of alkyl halides is 3. The minimum Gasteiger partial charge on any atom is -0.327 e. The lowest BCUT2D eigenvalue weighted by molar-refractivity contribution is -0.137. The minimum absolute atomic E-state index is 0.270. The van der Waals surface area contributed by atoms with E-state index in [-0.39, 0.29) is 6.04 Å². The summed E-state index contributed by atoms with van der Waals surface area (Å²) >= 11 is 0. The molecule has 0 aromatic heterocycles. The van der Waals surface area contributed by atoms with Gasteiger partial charge in [-0.05, 0) is 36.3 Å². The van der Waals surface area contributed by atoms with Crippen molar-refractivity contribution in [2.24, 2.45) is 17.6 Å². The van der Waals surface area contributed by atoms with E-state index in [0.717, 1.165) is 37.6 Å². The van der Waals surface area contributed by atoms with Crippen LogP contribution in [0, 0.1) is 11.8 Å². The van der Waals surface area contributed by atoms with Crippen molar-refractivity contribution < 1.29 is 13.2 Å². The summed E-state index contributed by atoms with van der Waals surface area (Å²) in [6.45, 7) is 2.47. The van der Waals surface area contributed by atoms with Crippen molar-refractivity contribution in [3.8, 4) is 0 Å². The highest BCUT2D eigenvalue weighted by Gasteiger charge is 2.40. The number of likely N-dealkylation sites (tertiary alicyclic amines) is 1. The fraction of sp³-hybridized carbons (Fsp3) is 0.600. The summed E-state index contributed by atoms with van der Waals surface area (Å²) in [6.07, 6.45) is -2.02. The van der Waals surface area contributed by atoms with Crippen molar-refractivity contribution in [3.63, 3.8) is 0 Å². The molecule has 3 rings (SSSR count). The molecule has 110 valence electrons. The molecule has 2 fully saturated rings. The Bertz CT molecular complexity index is 486. The second-order valence-electron chi connectivity index (χ2n) is 6.06. The second-order valence-corrected chi connectivity index (χ2v) is 6.06. The lowest BCUT2D eigenvalue weighted by Crippen LogP contribution is -2.30. The summed E-state index contributed by atoms with van der Waals surface area (Å²) in [7, 11) is 0. The van der Waals surface area contributed by atoms with Gasteiger partial charge in [0, 0.05) is 25.7 Å². The van der Waals surface area contributed by atoms with Crippen molar-refractivity contribution in [2.75, 3.05) is 13.1 Å². The van der Waals surface area contributed by atoms with E-state index in [0.29, 0.717) is 18.4 Å². The van der Waals surface area contributed by atoms with Gasteiger partial charge in [0.2, 0.25) is 0 Å². The summed E-state index contributed by atoms with van der Waals surface area (Å²) in [4.78, 5) is 2.24. The Labute approximate surface area is 116 Å². The van der Waals surface area contributed by atoms with Gasteiger partial charge in [-0.15, -0.1) is 0 Å². The van der Waals surface area contributed by atoms with E-state index < -0.39 is 11.7 Å². The standard InChI is InChI=1S/C15H19F3N2/c16-15(17,18)12-3-1-2-10(6-12)7-20-8-11-4-5-14(19)13(11)9-20/h1-3,6,11,13-14H,4-5,7-9,19H2/t11-,13+,14?/m0/s1. The summed E-state index contributed by atoms with van der Waals surface area (Å²) in [5.74, 6) is 1.16. The topological polar surface area (TPSA) is 29.3 Å². The van der Waals surface area contributed by atoms with Gasteiger partial charge in [0.05, 0.1) is 5.56 Å². The van der Waals surface area contributed by atoms with Gasteiger partial charge < -0.3 is 5.73 Å². The molecule has 0 amide bonds. The molecular weight excluding hydrogens is 265 g/mol. The molecular formula is C15H19F3N2. The van der Waals surface area contributed by atoms with Crippen LogP contribution in [0.3, 0.4) is 0 Å². The van der Waals surface area contributed by atoms with Crippen LogP contribution in [0.1, 0.15) is 24.0 Å². The number of fused-ring (bicyclic) bond motifs is 1. The molecule has 2 aliphatic rings. The third-order valence-electron chi connectivity index (χ3n) is 4.65. The quantitative estimate of drug-likeness (QED) is 0.905. The van der Waals surface area contributed by atoms with Crippen LogP contribution >= 0.6 is 0 Å². The molecule has 1 saturated heterocycles. The fourth-order valence-electron chi connectivity index (χ4n) is 3.63. The number of nitrogens with zero attached hydrogens (tertiary/aromatic N) is 1. The van der Waals surface area contributed by atoms with Crippen LogP contribution in [0.5, 0.6) is 0 Å². The summed E-state index contributed by atoms with van der Waals surface area (Å²) in [5.41, 5.74) is 6.25. The highest BCUT2D eigenvalue weighted by Crippen LogP contribution is 2.38. The zero-order chi connectivity index (χ0) is 14.3. The second kappa shape index (κ2) is 5.04. The van der Waals surface area contributed by atoms with E-state index in [9.17, 15) is 13.2 Å². The molecule has 1 aliphatic carbocycles. The van der Waals surface area contributed by atoms with Crippen LogP contribution in [0.25, 0.3) is 0 Å². The molecule has 20 heavy (non-hydrogen) atoms. The fourth-order valence-corrected chi connectivity index (χ4v) is 3.63. The molecule has 2 N–H and O–H groups in total. The number of benzene rings is 1. The Hall–Kier alpha value is -1.07. The van der Waals surface area contributed by atoms with Crippen LogP contribution in [-0.2, 0) is 12.7 Å². The van der Waals surface area contributed by atoms with Crippen molar-refractivity contribution in [2.45, 2.75) is 31.6 Å². The van der Waals surface area contributed by atoms with Gasteiger partial charge in [-0.1, -0.05) is 18.2 Å². The molecule has 5 heteroatoms. The average molecular weight is 284 g/mol. The van der Waals surface area contributed by atoms with Gasteiger partial charge in [0.25, 0.3) is 0 Å². The lowest BCUT2D eigenvalue weighted by Gasteiger charge is -2.19. The molecule has 0 spiro atoms. The van der Waals surface area contributed by atoms with Crippen molar-refractivity contribution in [1.29, 1.82) is 0 Å². The molecule has 1 aromatic rings. The average Bonchev–Trinajstić information content (AvgIpc) is 2.91. The first-order chi connectivity index (χ1) is 9.43. The van der Waals surface area contributed by atoms with Gasteiger partial charge in [-0.2, -0.15) is 13.2 Å². The van der Waals surface area contributed by atoms with Crippen LogP contribution in [0.4, 0.5) is 13.2 Å². The monoisotopic (exact) mass is 284 g/mol. The first-order valence-electron chi connectivity index (χ1n) is 7.07. The molecule has 3 atom stereocenters. The van der Waals surface area contributed by atoms with E-state index in [1.165, 1.54) is 12.1 Å². The Morgan fingerprint density at radius 1 is 1.20 bits per heavy atom. The normalized spacial score (nSPS) is 30.7. The van der Waals surface area contributed by atoms with Gasteiger partial charge in [0.15, 0.2) is 0 Å². The number of rotatable bonds is 2. The summed E-state index contributed by atoms with van der Waals surface area (Å²) in [6, 6.07) is 5.91. The van der Waals surface area contributed by atoms with Crippen LogP contribution in [-0.4, -0.2) is 24.0 Å². The smallest absolute Gasteiger partial charge is 0.327 e. The first-order valence-corrected chi connectivity index (χ1v) is 7.07.